The van der Waals surface area contributed by atoms with Crippen LogP contribution in [0.15, 0.2) is 0 Å². The monoisotopic (exact) mass is 188 g/mol. The largest absolute Gasteiger partial charge is 0.278 e. The SMILES string of the molecule is Cc1[nH]nc2nc3[nH]nc(C)c3nc12. The summed E-state index contributed by atoms with van der Waals surface area (Å²) in [6.07, 6.45) is 0. The van der Waals surface area contributed by atoms with Crippen molar-refractivity contribution in [3.05, 3.63) is 11.4 Å². The van der Waals surface area contributed by atoms with Gasteiger partial charge in [0.2, 0.25) is 5.65 Å². The zero-order valence-corrected chi connectivity index (χ0v) is 7.79. The van der Waals surface area contributed by atoms with Crippen LogP contribution in [0.5, 0.6) is 0 Å². The van der Waals surface area contributed by atoms with Crippen molar-refractivity contribution in [3.63, 3.8) is 0 Å². The lowest BCUT2D eigenvalue weighted by Gasteiger charge is -1.89. The number of aromatic amines is 2. The Labute approximate surface area is 78.8 Å². The first-order valence-corrected chi connectivity index (χ1v) is 4.29. The van der Waals surface area contributed by atoms with Crippen LogP contribution < -0.4 is 0 Å². The second kappa shape index (κ2) is 2.28. The number of aryl methyl sites for hydroxylation is 2. The Morgan fingerprint density at radius 2 is 1.79 bits per heavy atom. The molecule has 0 unspecified atom stereocenters. The highest BCUT2D eigenvalue weighted by molar-refractivity contribution is 5.84. The Kier molecular flexibility index (Phi) is 1.21. The third kappa shape index (κ3) is 0.795. The predicted octanol–water partition coefficient (Wildman–Crippen LogP) is 0.846. The van der Waals surface area contributed by atoms with Gasteiger partial charge in [0.15, 0.2) is 5.65 Å². The molecule has 0 aliphatic rings. The van der Waals surface area contributed by atoms with Gasteiger partial charge in [-0.1, -0.05) is 0 Å². The summed E-state index contributed by atoms with van der Waals surface area (Å²) < 4.78 is 0. The second-order valence-corrected chi connectivity index (χ2v) is 3.25. The van der Waals surface area contributed by atoms with Crippen LogP contribution in [-0.4, -0.2) is 30.4 Å². The van der Waals surface area contributed by atoms with Gasteiger partial charge in [-0.05, 0) is 13.8 Å². The lowest BCUT2D eigenvalue weighted by molar-refractivity contribution is 1.04. The molecule has 0 saturated heterocycles. The van der Waals surface area contributed by atoms with E-state index in [-0.39, 0.29) is 0 Å². The van der Waals surface area contributed by atoms with E-state index < -0.39 is 0 Å². The molecular weight excluding hydrogens is 180 g/mol. The Hall–Kier alpha value is -1.98. The van der Waals surface area contributed by atoms with Gasteiger partial charge < -0.3 is 0 Å². The molecule has 0 saturated carbocycles. The van der Waals surface area contributed by atoms with E-state index in [0.717, 1.165) is 22.4 Å². The summed E-state index contributed by atoms with van der Waals surface area (Å²) in [6.45, 7) is 3.82. The van der Waals surface area contributed by atoms with Gasteiger partial charge in [0.25, 0.3) is 0 Å². The standard InChI is InChI=1S/C8H8N6/c1-3-5-7(13-11-3)10-8-6(9-5)4(2)12-14-8/h1-2H3,(H2,10,11,12,13,14). The van der Waals surface area contributed by atoms with E-state index in [4.69, 9.17) is 0 Å². The van der Waals surface area contributed by atoms with Gasteiger partial charge in [-0.25, -0.2) is 9.97 Å². The van der Waals surface area contributed by atoms with E-state index in [1.54, 1.807) is 0 Å². The molecular formula is C8H8N6. The molecule has 0 amide bonds. The van der Waals surface area contributed by atoms with Crippen molar-refractivity contribution in [1.82, 2.24) is 30.4 Å². The van der Waals surface area contributed by atoms with Crippen molar-refractivity contribution < 1.29 is 0 Å². The zero-order chi connectivity index (χ0) is 9.71. The maximum Gasteiger partial charge on any atom is 0.201 e. The van der Waals surface area contributed by atoms with Crippen molar-refractivity contribution in [2.24, 2.45) is 0 Å². The first kappa shape index (κ1) is 7.43. The van der Waals surface area contributed by atoms with Crippen LogP contribution in [0.25, 0.3) is 22.3 Å². The van der Waals surface area contributed by atoms with Crippen LogP contribution >= 0.6 is 0 Å². The summed E-state index contributed by atoms with van der Waals surface area (Å²) in [6, 6.07) is 0. The first-order valence-electron chi connectivity index (χ1n) is 4.29. The minimum Gasteiger partial charge on any atom is -0.278 e. The molecule has 70 valence electrons. The Balaban J connectivity index is 2.57. The number of hydrogen-bond acceptors (Lipinski definition) is 4. The smallest absolute Gasteiger partial charge is 0.201 e. The molecule has 6 nitrogen and oxygen atoms in total. The molecule has 0 bridgehead atoms. The lowest BCUT2D eigenvalue weighted by Crippen LogP contribution is -1.84. The summed E-state index contributed by atoms with van der Waals surface area (Å²) in [5.74, 6) is 0. The van der Waals surface area contributed by atoms with Gasteiger partial charge in [-0.3, -0.25) is 10.2 Å². The summed E-state index contributed by atoms with van der Waals surface area (Å²) in [4.78, 5) is 8.74. The number of nitrogens with one attached hydrogen (secondary N) is 2. The fraction of sp³-hybridized carbons (Fsp3) is 0.250. The Morgan fingerprint density at radius 3 is 2.64 bits per heavy atom. The van der Waals surface area contributed by atoms with Crippen molar-refractivity contribution in [1.29, 1.82) is 0 Å². The van der Waals surface area contributed by atoms with E-state index in [1.165, 1.54) is 0 Å². The number of nitrogens with zero attached hydrogens (tertiary/aromatic N) is 4. The average Bonchev–Trinajstić information content (AvgIpc) is 2.71. The molecule has 3 rings (SSSR count). The molecule has 0 aromatic carbocycles. The molecule has 2 N–H and O–H groups in total. The van der Waals surface area contributed by atoms with Gasteiger partial charge >= 0.3 is 0 Å². The maximum atomic E-state index is 4.45. The van der Waals surface area contributed by atoms with Crippen LogP contribution in [0.2, 0.25) is 0 Å². The van der Waals surface area contributed by atoms with Crippen LogP contribution in [0.4, 0.5) is 0 Å². The molecule has 3 aromatic rings. The molecule has 3 aromatic heterocycles. The predicted molar refractivity (Wildman–Crippen MR) is 50.8 cm³/mol. The Bertz CT molecular complexity index is 567. The molecule has 14 heavy (non-hydrogen) atoms. The molecule has 0 fully saturated rings. The Morgan fingerprint density at radius 1 is 0.929 bits per heavy atom. The van der Waals surface area contributed by atoms with Crippen molar-refractivity contribution in [3.8, 4) is 0 Å². The summed E-state index contributed by atoms with van der Waals surface area (Å²) >= 11 is 0. The molecule has 0 radical (unpaired) electrons. The topological polar surface area (TPSA) is 83.1 Å². The van der Waals surface area contributed by atoms with Gasteiger partial charge in [0, 0.05) is 0 Å². The summed E-state index contributed by atoms with van der Waals surface area (Å²) in [5.41, 5.74) is 4.70. The maximum absolute atomic E-state index is 4.45. The number of aromatic nitrogens is 6. The van der Waals surface area contributed by atoms with E-state index >= 15 is 0 Å². The highest BCUT2D eigenvalue weighted by atomic mass is 15.2. The van der Waals surface area contributed by atoms with Crippen LogP contribution in [-0.2, 0) is 0 Å². The summed E-state index contributed by atoms with van der Waals surface area (Å²) in [7, 11) is 0. The second-order valence-electron chi connectivity index (χ2n) is 3.25. The van der Waals surface area contributed by atoms with E-state index in [9.17, 15) is 0 Å². The minimum atomic E-state index is 0.624. The van der Waals surface area contributed by atoms with Crippen molar-refractivity contribution >= 4 is 22.3 Å². The molecule has 6 heteroatoms. The van der Waals surface area contributed by atoms with Crippen molar-refractivity contribution in [2.45, 2.75) is 13.8 Å². The fourth-order valence-corrected chi connectivity index (χ4v) is 1.47. The van der Waals surface area contributed by atoms with Gasteiger partial charge in [0.05, 0.1) is 11.4 Å². The number of H-pyrrole nitrogens is 2. The minimum absolute atomic E-state index is 0.624. The third-order valence-electron chi connectivity index (χ3n) is 2.23. The highest BCUT2D eigenvalue weighted by Crippen LogP contribution is 2.16. The highest BCUT2D eigenvalue weighted by Gasteiger charge is 2.09. The van der Waals surface area contributed by atoms with Gasteiger partial charge in [0.1, 0.15) is 11.0 Å². The van der Waals surface area contributed by atoms with Crippen LogP contribution in [0, 0.1) is 13.8 Å². The first-order chi connectivity index (χ1) is 6.75. The number of hydrogen-bond donors (Lipinski definition) is 2. The lowest BCUT2D eigenvalue weighted by atomic mass is 10.3. The molecule has 0 aliphatic heterocycles. The molecule has 0 aliphatic carbocycles. The van der Waals surface area contributed by atoms with Crippen molar-refractivity contribution in [2.75, 3.05) is 0 Å². The zero-order valence-electron chi connectivity index (χ0n) is 7.79. The quantitative estimate of drug-likeness (QED) is 0.547. The normalized spacial score (nSPS) is 11.6. The fourth-order valence-electron chi connectivity index (χ4n) is 1.47. The number of fused-ring (bicyclic) bond motifs is 2. The van der Waals surface area contributed by atoms with Gasteiger partial charge in [-0.15, -0.1) is 0 Å². The molecule has 3 heterocycles. The van der Waals surface area contributed by atoms with Gasteiger partial charge in [-0.2, -0.15) is 10.2 Å². The summed E-state index contributed by atoms with van der Waals surface area (Å²) in [5, 5.41) is 13.7. The van der Waals surface area contributed by atoms with Crippen LogP contribution in [0.1, 0.15) is 11.4 Å². The van der Waals surface area contributed by atoms with E-state index in [0.29, 0.717) is 11.3 Å². The molecule has 0 spiro atoms. The third-order valence-corrected chi connectivity index (χ3v) is 2.23. The van der Waals surface area contributed by atoms with Crippen LogP contribution in [0.3, 0.4) is 0 Å². The average molecular weight is 188 g/mol. The van der Waals surface area contributed by atoms with E-state index in [1.807, 2.05) is 13.8 Å². The molecule has 0 atom stereocenters. The van der Waals surface area contributed by atoms with E-state index in [2.05, 4.69) is 30.4 Å². The number of rotatable bonds is 0.